The third kappa shape index (κ3) is 10.4. The number of unbranched alkanes of at least 4 members (excludes halogenated alkanes) is 1. The Morgan fingerprint density at radius 2 is 1.73 bits per heavy atom. The topological polar surface area (TPSA) is 135 Å². The molecule has 40 heavy (non-hydrogen) atoms. The zero-order valence-electron chi connectivity index (χ0n) is 23.7. The average Bonchev–Trinajstić information content (AvgIpc) is 3.43. The fraction of sp³-hybridized carbons (Fsp3) is 0.679. The fourth-order valence-electron chi connectivity index (χ4n) is 5.37. The Bertz CT molecular complexity index is 1010. The summed E-state index contributed by atoms with van der Waals surface area (Å²) < 4.78 is 15.7. The lowest BCUT2D eigenvalue weighted by Gasteiger charge is -2.34. The van der Waals surface area contributed by atoms with E-state index >= 15 is 0 Å². The summed E-state index contributed by atoms with van der Waals surface area (Å²) in [5, 5.41) is 19.6. The van der Waals surface area contributed by atoms with Crippen LogP contribution in [0.3, 0.4) is 0 Å². The van der Waals surface area contributed by atoms with E-state index in [1.54, 1.807) is 35.1 Å². The lowest BCUT2D eigenvalue weighted by atomic mass is 9.81. The van der Waals surface area contributed by atoms with Gasteiger partial charge in [0.15, 0.2) is 6.35 Å². The number of carbonyl (C=O) groups excluding carboxylic acids is 3. The summed E-state index contributed by atoms with van der Waals surface area (Å²) in [5.41, 5.74) is -0.383. The van der Waals surface area contributed by atoms with Gasteiger partial charge in [0.25, 0.3) is 0 Å². The molecule has 0 bridgehead atoms. The van der Waals surface area contributed by atoms with E-state index in [9.17, 15) is 19.5 Å². The molecule has 1 aromatic rings. The van der Waals surface area contributed by atoms with Crippen molar-refractivity contribution in [1.29, 1.82) is 0 Å². The molecular formula is C28H42IN3O7S. The van der Waals surface area contributed by atoms with Gasteiger partial charge in [-0.05, 0) is 62.8 Å². The summed E-state index contributed by atoms with van der Waals surface area (Å²) in [4.78, 5) is 37.3. The van der Waals surface area contributed by atoms with E-state index < -0.39 is 23.9 Å². The second-order valence-electron chi connectivity index (χ2n) is 11.8. The van der Waals surface area contributed by atoms with E-state index in [1.807, 2.05) is 39.5 Å². The molecule has 4 unspecified atom stereocenters. The number of amides is 1. The molecule has 2 aliphatic rings. The van der Waals surface area contributed by atoms with Crippen molar-refractivity contribution in [2.24, 2.45) is 5.41 Å². The van der Waals surface area contributed by atoms with Gasteiger partial charge in [0, 0.05) is 36.1 Å². The maximum Gasteiger partial charge on any atom is 0.338 e. The number of carbonyl (C=O) groups is 3. The van der Waals surface area contributed by atoms with Crippen LogP contribution in [0.4, 0.5) is 0 Å². The number of rotatable bonds is 15. The second-order valence-corrected chi connectivity index (χ2v) is 13.7. The quantitative estimate of drug-likeness (QED) is 0.123. The Hall–Kier alpha value is -1.45. The summed E-state index contributed by atoms with van der Waals surface area (Å²) in [5.74, 6) is 0.0612. The van der Waals surface area contributed by atoms with Gasteiger partial charge in [-0.1, -0.05) is 20.3 Å². The molecule has 2 saturated heterocycles. The number of hydrogen-bond acceptors (Lipinski definition) is 10. The summed E-state index contributed by atoms with van der Waals surface area (Å²) >= 11 is 3.66. The predicted molar refractivity (Wildman–Crippen MR) is 162 cm³/mol. The molecule has 3 rings (SSSR count). The van der Waals surface area contributed by atoms with Crippen molar-refractivity contribution in [1.82, 2.24) is 16.0 Å². The van der Waals surface area contributed by atoms with Crippen molar-refractivity contribution < 1.29 is 32.0 Å². The monoisotopic (exact) mass is 691 g/mol. The van der Waals surface area contributed by atoms with E-state index in [-0.39, 0.29) is 17.9 Å². The van der Waals surface area contributed by atoms with Crippen LogP contribution in [0.25, 0.3) is 0 Å². The van der Waals surface area contributed by atoms with Crippen LogP contribution in [-0.4, -0.2) is 77.8 Å². The van der Waals surface area contributed by atoms with Crippen LogP contribution in [0, 0.1) is 5.41 Å². The van der Waals surface area contributed by atoms with Gasteiger partial charge in [-0.25, -0.2) is 9.59 Å². The van der Waals surface area contributed by atoms with E-state index in [2.05, 4.69) is 16.0 Å². The Labute approximate surface area is 255 Å². The molecule has 2 heterocycles. The van der Waals surface area contributed by atoms with Crippen LogP contribution in [0.15, 0.2) is 24.3 Å². The highest BCUT2D eigenvalue weighted by Crippen LogP contribution is 2.34. The first-order valence-electron chi connectivity index (χ1n) is 13.7. The van der Waals surface area contributed by atoms with E-state index in [1.165, 1.54) is 12.1 Å². The first-order chi connectivity index (χ1) is 18.9. The summed E-state index contributed by atoms with van der Waals surface area (Å²) in [7, 11) is 0. The van der Waals surface area contributed by atoms with Crippen molar-refractivity contribution in [3.05, 3.63) is 35.4 Å². The minimum absolute atomic E-state index is 0.0244. The maximum absolute atomic E-state index is 12.8. The highest BCUT2D eigenvalue weighted by atomic mass is 127. The van der Waals surface area contributed by atoms with Crippen LogP contribution in [0.1, 0.15) is 80.5 Å². The number of esters is 2. The second kappa shape index (κ2) is 15.1. The lowest BCUT2D eigenvalue weighted by Crippen LogP contribution is -2.40. The number of hydrogen-bond donors (Lipinski definition) is 4. The van der Waals surface area contributed by atoms with Gasteiger partial charge in [-0.3, -0.25) is 15.4 Å². The number of aliphatic hydroxyl groups is 1. The van der Waals surface area contributed by atoms with Crippen molar-refractivity contribution in [3.63, 3.8) is 0 Å². The zero-order chi connectivity index (χ0) is 29.3. The molecule has 224 valence electrons. The predicted octanol–water partition coefficient (Wildman–Crippen LogP) is 3.56. The van der Waals surface area contributed by atoms with Gasteiger partial charge in [0.2, 0.25) is 5.91 Å². The van der Waals surface area contributed by atoms with Gasteiger partial charge in [0.05, 0.1) is 17.7 Å². The minimum Gasteiger partial charge on any atom is -0.460 e. The number of fused-ring (bicyclic) bond motifs is 1. The highest BCUT2D eigenvalue weighted by Gasteiger charge is 2.42. The number of aliphatic hydroxyl groups excluding tert-OH is 1. The summed E-state index contributed by atoms with van der Waals surface area (Å²) in [6, 6.07) is 6.77. The number of benzene rings is 1. The van der Waals surface area contributed by atoms with Crippen molar-refractivity contribution >= 4 is 52.6 Å². The largest absolute Gasteiger partial charge is 0.460 e. The van der Waals surface area contributed by atoms with E-state index in [4.69, 9.17) is 12.5 Å². The molecule has 0 spiro atoms. The third-order valence-corrected chi connectivity index (χ3v) is 8.92. The number of thioether (sulfide) groups is 1. The molecule has 1 amide bonds. The Balaban J connectivity index is 1.36. The van der Waals surface area contributed by atoms with E-state index in [0.29, 0.717) is 54.5 Å². The van der Waals surface area contributed by atoms with Gasteiger partial charge in [-0.15, -0.1) is 0 Å². The molecular weight excluding hydrogens is 649 g/mol. The molecule has 2 aliphatic heterocycles. The first kappa shape index (κ1) is 33.1. The molecule has 10 nitrogen and oxygen atoms in total. The normalized spacial score (nSPS) is 22.6. The minimum atomic E-state index is -0.768. The lowest BCUT2D eigenvalue weighted by molar-refractivity contribution is -0.122. The maximum atomic E-state index is 12.8. The smallest absolute Gasteiger partial charge is 0.338 e. The number of ether oxygens (including phenoxy) is 2. The highest BCUT2D eigenvalue weighted by molar-refractivity contribution is 14.1. The first-order valence-corrected chi connectivity index (χ1v) is 15.6. The van der Waals surface area contributed by atoms with Gasteiger partial charge < -0.3 is 23.0 Å². The Kier molecular flexibility index (Phi) is 12.5. The number of nitrogens with one attached hydrogen (secondary N) is 3. The van der Waals surface area contributed by atoms with Gasteiger partial charge >= 0.3 is 11.9 Å². The van der Waals surface area contributed by atoms with Crippen LogP contribution >= 0.6 is 34.8 Å². The molecule has 0 aromatic heterocycles. The standard InChI is InChI=1S/C28H42IN3O7S/c1-27(2,17-30-22(33)8-6-5-7-21-23-20(15-40-21)31-26(36)32-23)16-28(3,4)39-25(35)19-11-9-18(10-12-19)24(34)37-13-14-38-29/h9-12,20-21,23,26,31-32,36H,5-8,13-17H2,1-4H3,(H,30,33). The van der Waals surface area contributed by atoms with Gasteiger partial charge in [-0.2, -0.15) is 11.8 Å². The van der Waals surface area contributed by atoms with Crippen LogP contribution < -0.4 is 16.0 Å². The number of halogens is 1. The third-order valence-electron chi connectivity index (χ3n) is 6.98. The van der Waals surface area contributed by atoms with Crippen LogP contribution in [0.5, 0.6) is 0 Å². The Morgan fingerprint density at radius 1 is 1.05 bits per heavy atom. The summed E-state index contributed by atoms with van der Waals surface area (Å²) in [6.45, 7) is 8.72. The SMILES string of the molecule is CC(C)(CNC(=O)CCCCC1SCC2NC(O)NC21)CC(C)(C)OC(=O)c1ccc(C(=O)OCCOI)cc1. The molecule has 12 heteroatoms. The molecule has 4 atom stereocenters. The zero-order valence-corrected chi connectivity index (χ0v) is 26.6. The average molecular weight is 692 g/mol. The molecule has 0 saturated carbocycles. The molecule has 1 aromatic carbocycles. The van der Waals surface area contributed by atoms with Gasteiger partial charge in [0.1, 0.15) is 35.2 Å². The molecule has 0 radical (unpaired) electrons. The fourth-order valence-corrected chi connectivity index (χ4v) is 7.12. The Morgan fingerprint density at radius 3 is 2.40 bits per heavy atom. The molecule has 2 fully saturated rings. The van der Waals surface area contributed by atoms with Crippen molar-refractivity contribution in [3.8, 4) is 0 Å². The van der Waals surface area contributed by atoms with Crippen LogP contribution in [0.2, 0.25) is 0 Å². The molecule has 0 aliphatic carbocycles. The van der Waals surface area contributed by atoms with Crippen LogP contribution in [-0.2, 0) is 17.3 Å². The van der Waals surface area contributed by atoms with Crippen molar-refractivity contribution in [2.45, 2.75) is 89.1 Å². The molecule has 4 N–H and O–H groups in total. The summed E-state index contributed by atoms with van der Waals surface area (Å²) in [6.07, 6.45) is 3.22. The van der Waals surface area contributed by atoms with Crippen molar-refractivity contribution in [2.75, 3.05) is 25.5 Å². The van der Waals surface area contributed by atoms with E-state index in [0.717, 1.165) is 25.0 Å².